The van der Waals surface area contributed by atoms with Gasteiger partial charge in [-0.3, -0.25) is 10.3 Å². The van der Waals surface area contributed by atoms with Gasteiger partial charge in [0.05, 0.1) is 13.7 Å². The fraction of sp³-hybridized carbons (Fsp3) is 0.133. The second-order valence-electron chi connectivity index (χ2n) is 7.65. The molecule has 4 aromatic carbocycles. The number of hydrogen-bond acceptors (Lipinski definition) is 4. The van der Waals surface area contributed by atoms with Gasteiger partial charge in [0.1, 0.15) is 6.04 Å². The van der Waals surface area contributed by atoms with E-state index in [4.69, 9.17) is 4.74 Å². The van der Waals surface area contributed by atoms with Crippen LogP contribution in [-0.2, 0) is 9.53 Å². The fourth-order valence-corrected chi connectivity index (χ4v) is 3.56. The number of carbonyl (C=O) groups is 1. The highest BCUT2D eigenvalue weighted by Gasteiger charge is 2.20. The average Bonchev–Trinajstić information content (AvgIpc) is 2.89. The largest absolute Gasteiger partial charge is 0.468 e. The summed E-state index contributed by atoms with van der Waals surface area (Å²) in [4.78, 5) is 16.1. The Bertz CT molecular complexity index is 1290. The van der Waals surface area contributed by atoms with Crippen LogP contribution in [0.2, 0.25) is 0 Å². The Labute approximate surface area is 201 Å². The van der Waals surface area contributed by atoms with Crippen LogP contribution in [0.15, 0.2) is 115 Å². The summed E-state index contributed by atoms with van der Waals surface area (Å²) >= 11 is 0. The zero-order chi connectivity index (χ0) is 24.2. The van der Waals surface area contributed by atoms with Crippen LogP contribution in [0.4, 0.5) is 0 Å². The summed E-state index contributed by atoms with van der Waals surface area (Å²) in [5.41, 5.74) is 2.03. The first-order valence-corrected chi connectivity index (χ1v) is 11.2. The number of nitrogens with one attached hydrogen (secondary N) is 1. The first kappa shape index (κ1) is 24.6. The van der Waals surface area contributed by atoms with Gasteiger partial charge in [0.25, 0.3) is 0 Å². The Hall–Kier alpha value is -4.02. The summed E-state index contributed by atoms with van der Waals surface area (Å²) in [6.45, 7) is 8.50. The minimum absolute atomic E-state index is 0.294. The van der Waals surface area contributed by atoms with Gasteiger partial charge in [-0.2, -0.15) is 0 Å². The van der Waals surface area contributed by atoms with Gasteiger partial charge < -0.3 is 4.74 Å². The molecule has 1 atom stereocenters. The van der Waals surface area contributed by atoms with E-state index in [2.05, 4.69) is 53.8 Å². The third-order valence-corrected chi connectivity index (χ3v) is 5.26. The molecule has 0 heterocycles. The van der Waals surface area contributed by atoms with Crippen LogP contribution in [0.5, 0.6) is 0 Å². The lowest BCUT2D eigenvalue weighted by Crippen LogP contribution is -2.29. The second-order valence-corrected chi connectivity index (χ2v) is 7.65. The molecule has 0 bridgehead atoms. The van der Waals surface area contributed by atoms with Crippen LogP contribution in [0.1, 0.15) is 17.2 Å². The lowest BCUT2D eigenvalue weighted by Gasteiger charge is -2.16. The molecular weight excluding hydrogens is 420 g/mol. The van der Waals surface area contributed by atoms with Gasteiger partial charge >= 0.3 is 5.97 Å². The van der Waals surface area contributed by atoms with Gasteiger partial charge in [0.15, 0.2) is 0 Å². The monoisotopic (exact) mass is 450 g/mol. The van der Waals surface area contributed by atoms with E-state index in [-0.39, 0.29) is 5.97 Å². The summed E-state index contributed by atoms with van der Waals surface area (Å²) in [5, 5.41) is 7.88. The molecule has 4 aromatic rings. The number of fused-ring (bicyclic) bond motifs is 2. The van der Waals surface area contributed by atoms with E-state index in [0.717, 1.165) is 21.9 Å². The molecule has 0 radical (unpaired) electrons. The normalized spacial score (nSPS) is 11.6. The van der Waals surface area contributed by atoms with Gasteiger partial charge in [-0.1, -0.05) is 84.9 Å². The van der Waals surface area contributed by atoms with Gasteiger partial charge in [0, 0.05) is 12.8 Å². The first-order valence-electron chi connectivity index (χ1n) is 11.2. The molecule has 0 fully saturated rings. The summed E-state index contributed by atoms with van der Waals surface area (Å²) in [5.74, 6) is -0.294. The number of methoxy groups -OCH3 is 1. The fourth-order valence-electron chi connectivity index (χ4n) is 3.56. The van der Waals surface area contributed by atoms with Crippen LogP contribution in [0.25, 0.3) is 21.5 Å². The highest BCUT2D eigenvalue weighted by atomic mass is 16.5. The second kappa shape index (κ2) is 12.9. The zero-order valence-electron chi connectivity index (χ0n) is 19.5. The maximum atomic E-state index is 11.8. The molecule has 0 aliphatic heterocycles. The Morgan fingerprint density at radius 2 is 1.50 bits per heavy atom. The van der Waals surface area contributed by atoms with Crippen molar-refractivity contribution in [2.24, 2.45) is 4.99 Å². The van der Waals surface area contributed by atoms with E-state index < -0.39 is 6.04 Å². The topological polar surface area (TPSA) is 50.7 Å². The summed E-state index contributed by atoms with van der Waals surface area (Å²) in [7, 11) is 1.39. The van der Waals surface area contributed by atoms with Crippen molar-refractivity contribution in [1.29, 1.82) is 0 Å². The molecule has 4 heteroatoms. The van der Waals surface area contributed by atoms with Crippen molar-refractivity contribution in [3.8, 4) is 0 Å². The molecule has 0 aliphatic rings. The van der Waals surface area contributed by atoms with Crippen molar-refractivity contribution in [2.45, 2.75) is 6.04 Å². The molecule has 4 rings (SSSR count). The number of esters is 1. The molecule has 34 heavy (non-hydrogen) atoms. The number of hydrogen-bond donors (Lipinski definition) is 1. The molecule has 1 unspecified atom stereocenters. The molecule has 0 aliphatic carbocycles. The predicted molar refractivity (Wildman–Crippen MR) is 144 cm³/mol. The molecule has 172 valence electrons. The molecule has 0 amide bonds. The lowest BCUT2D eigenvalue weighted by molar-refractivity contribution is -0.143. The summed E-state index contributed by atoms with van der Waals surface area (Å²) in [6.07, 6.45) is 5.39. The van der Waals surface area contributed by atoms with Crippen LogP contribution in [0.3, 0.4) is 0 Å². The van der Waals surface area contributed by atoms with Crippen LogP contribution < -0.4 is 5.32 Å². The first-order chi connectivity index (χ1) is 16.7. The average molecular weight is 451 g/mol. The molecule has 1 N–H and O–H groups in total. The van der Waals surface area contributed by atoms with Crippen molar-refractivity contribution in [1.82, 2.24) is 5.32 Å². The number of benzene rings is 4. The smallest absolute Gasteiger partial charge is 0.327 e. The third kappa shape index (κ3) is 6.74. The Kier molecular flexibility index (Phi) is 9.32. The number of nitrogens with zero attached hydrogens (tertiary/aromatic N) is 1. The van der Waals surface area contributed by atoms with Crippen molar-refractivity contribution in [3.05, 3.63) is 121 Å². The van der Waals surface area contributed by atoms with Crippen molar-refractivity contribution < 1.29 is 9.53 Å². The van der Waals surface area contributed by atoms with E-state index in [1.807, 2.05) is 60.8 Å². The van der Waals surface area contributed by atoms with Crippen molar-refractivity contribution in [2.75, 3.05) is 20.2 Å². The van der Waals surface area contributed by atoms with E-state index in [1.54, 1.807) is 12.2 Å². The number of carbonyl (C=O) groups excluding carboxylic acids is 1. The van der Waals surface area contributed by atoms with E-state index in [1.165, 1.54) is 17.9 Å². The van der Waals surface area contributed by atoms with Gasteiger partial charge in [-0.05, 0) is 44.8 Å². The van der Waals surface area contributed by atoms with Crippen LogP contribution >= 0.6 is 0 Å². The van der Waals surface area contributed by atoms with Gasteiger partial charge in [-0.25, -0.2) is 4.79 Å². The number of ether oxygens (including phenoxy) is 1. The molecule has 0 aromatic heterocycles. The minimum Gasteiger partial charge on any atom is -0.468 e. The SMILES string of the molecule is C=CCN=Cc1ccc2ccccc2c1.C=CCNC(C(=O)OC)c1ccc2ccccc2c1. The molecule has 0 saturated heterocycles. The minimum atomic E-state index is -0.465. The predicted octanol–water partition coefficient (Wildman–Crippen LogP) is 6.27. The highest BCUT2D eigenvalue weighted by Crippen LogP contribution is 2.21. The number of aliphatic imine (C=N–C) groups is 1. The van der Waals surface area contributed by atoms with Gasteiger partial charge in [0.2, 0.25) is 0 Å². The Balaban J connectivity index is 0.000000196. The lowest BCUT2D eigenvalue weighted by atomic mass is 10.0. The van der Waals surface area contributed by atoms with E-state index in [0.29, 0.717) is 13.1 Å². The van der Waals surface area contributed by atoms with Crippen LogP contribution in [0, 0.1) is 0 Å². The molecule has 0 spiro atoms. The number of rotatable bonds is 8. The summed E-state index contributed by atoms with van der Waals surface area (Å²) in [6, 6.07) is 28.2. The van der Waals surface area contributed by atoms with Crippen molar-refractivity contribution in [3.63, 3.8) is 0 Å². The molecule has 4 nitrogen and oxygen atoms in total. The van der Waals surface area contributed by atoms with Gasteiger partial charge in [-0.15, -0.1) is 13.2 Å². The maximum Gasteiger partial charge on any atom is 0.327 e. The Morgan fingerprint density at radius 3 is 2.12 bits per heavy atom. The summed E-state index contributed by atoms with van der Waals surface area (Å²) < 4.78 is 4.84. The maximum absolute atomic E-state index is 11.8. The standard InChI is InChI=1S/C16H17NO2.C14H13N/c1-3-10-17-15(16(18)19-2)14-9-8-12-6-4-5-7-13(12)11-14;1-2-9-15-11-12-7-8-13-5-3-4-6-14(13)10-12/h3-9,11,15,17H,1,10H2,2H3;2-8,10-11H,1,9H2. The third-order valence-electron chi connectivity index (χ3n) is 5.26. The highest BCUT2D eigenvalue weighted by molar-refractivity contribution is 5.90. The quantitative estimate of drug-likeness (QED) is 0.195. The zero-order valence-corrected chi connectivity index (χ0v) is 19.5. The Morgan fingerprint density at radius 1 is 0.882 bits per heavy atom. The van der Waals surface area contributed by atoms with Crippen molar-refractivity contribution >= 4 is 33.7 Å². The van der Waals surface area contributed by atoms with E-state index >= 15 is 0 Å². The molecule has 0 saturated carbocycles. The van der Waals surface area contributed by atoms with E-state index in [9.17, 15) is 4.79 Å². The molecular formula is C30H30N2O2. The van der Waals surface area contributed by atoms with Crippen LogP contribution in [-0.4, -0.2) is 32.4 Å².